The van der Waals surface area contributed by atoms with Crippen LogP contribution in [0, 0.1) is 0 Å². The Balaban J connectivity index is 1.54. The number of aromatic nitrogens is 5. The van der Waals surface area contributed by atoms with Gasteiger partial charge in [0.2, 0.25) is 0 Å². The summed E-state index contributed by atoms with van der Waals surface area (Å²) in [5.74, 6) is 0. The number of nitrogens with zero attached hydrogens (tertiary/aromatic N) is 8. The zero-order valence-corrected chi connectivity index (χ0v) is 19.0. The van der Waals surface area contributed by atoms with Gasteiger partial charge in [0.15, 0.2) is 0 Å². The van der Waals surface area contributed by atoms with Gasteiger partial charge in [-0.15, -0.1) is 0 Å². The molecular weight excluding hydrogens is 407 g/mol. The largest absolute Gasteiger partial charge is 0.297 e. The average molecular weight is 439 g/mol. The van der Waals surface area contributed by atoms with Crippen LogP contribution < -0.4 is 0 Å². The van der Waals surface area contributed by atoms with Crippen LogP contribution in [-0.2, 0) is 6.54 Å². The first-order valence-electron chi connectivity index (χ1n) is 11.2. The van der Waals surface area contributed by atoms with E-state index in [2.05, 4.69) is 40.6 Å². The Kier molecular flexibility index (Phi) is 6.64. The van der Waals surface area contributed by atoms with Crippen LogP contribution in [0.15, 0.2) is 42.5 Å². The van der Waals surface area contributed by atoms with Crippen molar-refractivity contribution in [2.45, 2.75) is 45.4 Å². The molecule has 32 heavy (non-hydrogen) atoms. The van der Waals surface area contributed by atoms with Crippen LogP contribution in [-0.4, -0.2) is 79.4 Å². The Labute approximate surface area is 188 Å². The molecule has 0 N–H and O–H groups in total. The van der Waals surface area contributed by atoms with Crippen LogP contribution in [0.2, 0.25) is 0 Å². The summed E-state index contributed by atoms with van der Waals surface area (Å²) < 4.78 is 16.7. The molecule has 0 radical (unpaired) electrons. The summed E-state index contributed by atoms with van der Waals surface area (Å²) in [5.41, 5.74) is 4.00. The minimum Gasteiger partial charge on any atom is -0.297 e. The molecule has 0 aliphatic carbocycles. The fraction of sp³-hybridized carbons (Fsp3) is 0.478. The number of hydrazone groups is 1. The van der Waals surface area contributed by atoms with Crippen LogP contribution in [0.25, 0.3) is 22.3 Å². The minimum absolute atomic E-state index is 0.395. The fourth-order valence-corrected chi connectivity index (χ4v) is 3.99. The lowest BCUT2D eigenvalue weighted by molar-refractivity contribution is 0.0619. The predicted molar refractivity (Wildman–Crippen MR) is 125 cm³/mol. The Morgan fingerprint density at radius 3 is 2.78 bits per heavy atom. The molecule has 1 aliphatic rings. The normalized spacial score (nSPS) is 15.2. The Morgan fingerprint density at radius 1 is 1.28 bits per heavy atom. The SMILES string of the molecule is C=C(/C=N\N(C)C(CC)CC)c1nc(-c2cnn(CCN3CC(F)C3)c2)cn2nccc12. The van der Waals surface area contributed by atoms with Crippen molar-refractivity contribution in [2.24, 2.45) is 5.10 Å². The summed E-state index contributed by atoms with van der Waals surface area (Å²) in [6, 6.07) is 2.32. The number of rotatable bonds is 10. The number of likely N-dealkylation sites (tertiary alicyclic amines) is 1. The first-order valence-corrected chi connectivity index (χ1v) is 11.2. The zero-order chi connectivity index (χ0) is 22.7. The van der Waals surface area contributed by atoms with E-state index in [-0.39, 0.29) is 0 Å². The Morgan fingerprint density at radius 2 is 2.06 bits per heavy atom. The maximum atomic E-state index is 13.0. The molecule has 3 aromatic heterocycles. The highest BCUT2D eigenvalue weighted by Crippen LogP contribution is 2.23. The van der Waals surface area contributed by atoms with Crippen LogP contribution in [0.1, 0.15) is 32.4 Å². The highest BCUT2D eigenvalue weighted by atomic mass is 19.1. The van der Waals surface area contributed by atoms with Crippen molar-refractivity contribution in [1.82, 2.24) is 34.3 Å². The fourth-order valence-electron chi connectivity index (χ4n) is 3.99. The van der Waals surface area contributed by atoms with Crippen molar-refractivity contribution in [3.05, 3.63) is 43.1 Å². The van der Waals surface area contributed by atoms with Crippen molar-refractivity contribution in [3.63, 3.8) is 0 Å². The molecule has 170 valence electrons. The number of alkyl halides is 1. The van der Waals surface area contributed by atoms with E-state index in [1.807, 2.05) is 35.2 Å². The van der Waals surface area contributed by atoms with Gasteiger partial charge in [-0.1, -0.05) is 20.4 Å². The van der Waals surface area contributed by atoms with E-state index in [1.165, 1.54) is 0 Å². The summed E-state index contributed by atoms with van der Waals surface area (Å²) >= 11 is 0. The van der Waals surface area contributed by atoms with Gasteiger partial charge in [-0.2, -0.15) is 15.3 Å². The van der Waals surface area contributed by atoms with Crippen molar-refractivity contribution in [2.75, 3.05) is 26.7 Å². The third-order valence-corrected chi connectivity index (χ3v) is 6.05. The lowest BCUT2D eigenvalue weighted by atomic mass is 10.1. The van der Waals surface area contributed by atoms with E-state index in [4.69, 9.17) is 4.98 Å². The van der Waals surface area contributed by atoms with E-state index < -0.39 is 6.17 Å². The monoisotopic (exact) mass is 438 g/mol. The number of halogens is 1. The summed E-state index contributed by atoms with van der Waals surface area (Å²) in [5, 5.41) is 15.4. The summed E-state index contributed by atoms with van der Waals surface area (Å²) in [7, 11) is 1.99. The van der Waals surface area contributed by atoms with Gasteiger partial charge in [0.05, 0.1) is 48.3 Å². The number of fused-ring (bicyclic) bond motifs is 1. The highest BCUT2D eigenvalue weighted by molar-refractivity contribution is 6.10. The standard InChI is InChI=1S/C23H31FN8/c1-5-20(6-2)29(4)26-11-17(3)23-22-7-8-25-32(22)16-21(28-23)18-12-27-31(13-18)10-9-30-14-19(24)15-30/h7-8,11-13,16,19-20H,3,5-6,9-10,14-15H2,1-2,4H3/b26-11-. The summed E-state index contributed by atoms with van der Waals surface area (Å²) in [6.45, 7) is 11.1. The number of hydrogen-bond acceptors (Lipinski definition) is 6. The average Bonchev–Trinajstić information content (AvgIpc) is 3.43. The van der Waals surface area contributed by atoms with E-state index in [9.17, 15) is 4.39 Å². The molecule has 0 saturated carbocycles. The molecule has 0 atom stereocenters. The van der Waals surface area contributed by atoms with Crippen LogP contribution in [0.3, 0.4) is 0 Å². The van der Waals surface area contributed by atoms with Crippen LogP contribution in [0.5, 0.6) is 0 Å². The molecule has 0 spiro atoms. The molecule has 8 nitrogen and oxygen atoms in total. The van der Waals surface area contributed by atoms with Gasteiger partial charge in [-0.25, -0.2) is 13.9 Å². The van der Waals surface area contributed by atoms with Gasteiger partial charge < -0.3 is 0 Å². The zero-order valence-electron chi connectivity index (χ0n) is 19.0. The van der Waals surface area contributed by atoms with Crippen LogP contribution in [0.4, 0.5) is 4.39 Å². The quantitative estimate of drug-likeness (QED) is 0.359. The molecule has 0 bridgehead atoms. The first-order chi connectivity index (χ1) is 15.5. The second-order valence-corrected chi connectivity index (χ2v) is 8.30. The molecular formula is C23H31FN8. The molecule has 0 amide bonds. The maximum Gasteiger partial charge on any atom is 0.125 e. The smallest absolute Gasteiger partial charge is 0.125 e. The Hall–Kier alpha value is -3.07. The van der Waals surface area contributed by atoms with Gasteiger partial charge in [0.1, 0.15) is 6.17 Å². The third kappa shape index (κ3) is 4.72. The predicted octanol–water partition coefficient (Wildman–Crippen LogP) is 3.37. The highest BCUT2D eigenvalue weighted by Gasteiger charge is 2.25. The van der Waals surface area contributed by atoms with Crippen molar-refractivity contribution < 1.29 is 4.39 Å². The molecule has 1 saturated heterocycles. The lowest BCUT2D eigenvalue weighted by Gasteiger charge is -2.33. The van der Waals surface area contributed by atoms with Crippen LogP contribution >= 0.6 is 0 Å². The molecule has 0 aromatic carbocycles. The molecule has 0 unspecified atom stereocenters. The van der Waals surface area contributed by atoms with E-state index >= 15 is 0 Å². The molecule has 1 fully saturated rings. The van der Waals surface area contributed by atoms with Gasteiger partial charge in [-0.05, 0) is 18.9 Å². The number of hydrogen-bond donors (Lipinski definition) is 0. The van der Waals surface area contributed by atoms with E-state index in [0.717, 1.165) is 47.4 Å². The van der Waals surface area contributed by atoms with E-state index in [1.54, 1.807) is 23.1 Å². The summed E-state index contributed by atoms with van der Waals surface area (Å²) in [6.07, 6.45) is 10.6. The van der Waals surface area contributed by atoms with E-state index in [0.29, 0.717) is 25.7 Å². The molecule has 9 heteroatoms. The second kappa shape index (κ2) is 9.60. The third-order valence-electron chi connectivity index (χ3n) is 6.05. The van der Waals surface area contributed by atoms with Crippen molar-refractivity contribution in [1.29, 1.82) is 0 Å². The number of allylic oxidation sites excluding steroid dienone is 1. The molecule has 3 aromatic rings. The topological polar surface area (TPSA) is 66.9 Å². The Bertz CT molecular complexity index is 1090. The first kappa shape index (κ1) is 22.1. The molecule has 4 rings (SSSR count). The van der Waals surface area contributed by atoms with Gasteiger partial charge >= 0.3 is 0 Å². The second-order valence-electron chi connectivity index (χ2n) is 8.30. The molecule has 1 aliphatic heterocycles. The molecule has 4 heterocycles. The van der Waals surface area contributed by atoms with Gasteiger partial charge in [-0.3, -0.25) is 14.6 Å². The summed E-state index contributed by atoms with van der Waals surface area (Å²) in [4.78, 5) is 6.95. The van der Waals surface area contributed by atoms with Gasteiger partial charge in [0, 0.05) is 50.1 Å². The lowest BCUT2D eigenvalue weighted by Crippen LogP contribution is -2.49. The van der Waals surface area contributed by atoms with Crippen molar-refractivity contribution in [3.8, 4) is 11.3 Å². The maximum absolute atomic E-state index is 13.0. The van der Waals surface area contributed by atoms with Gasteiger partial charge in [0.25, 0.3) is 0 Å². The minimum atomic E-state index is -0.683. The van der Waals surface area contributed by atoms with Crippen molar-refractivity contribution >= 4 is 17.3 Å².